The summed E-state index contributed by atoms with van der Waals surface area (Å²) >= 11 is 4.74. The van der Waals surface area contributed by atoms with Crippen LogP contribution in [0, 0.1) is 0 Å². The fraction of sp³-hybridized carbons (Fsp3) is 0.615. The molecule has 0 bridgehead atoms. The Morgan fingerprint density at radius 1 is 1.23 bits per heavy atom. The number of halogens is 1. The minimum atomic E-state index is -3.41. The van der Waals surface area contributed by atoms with Crippen molar-refractivity contribution in [1.82, 2.24) is 13.5 Å². The van der Waals surface area contributed by atoms with Crippen molar-refractivity contribution in [1.29, 1.82) is 0 Å². The van der Waals surface area contributed by atoms with E-state index in [1.807, 2.05) is 19.9 Å². The minimum Gasteiger partial charge on any atom is -0.335 e. The van der Waals surface area contributed by atoms with Crippen molar-refractivity contribution in [2.45, 2.75) is 13.8 Å². The average Bonchev–Trinajstić information content (AvgIpc) is 2.94. The fourth-order valence-corrected chi connectivity index (χ4v) is 5.38. The predicted molar refractivity (Wildman–Crippen MR) is 91.3 cm³/mol. The molecule has 0 aliphatic carbocycles. The first-order chi connectivity index (χ1) is 10.4. The molecule has 0 saturated carbocycles. The largest absolute Gasteiger partial charge is 0.335 e. The second kappa shape index (κ2) is 7.39. The summed E-state index contributed by atoms with van der Waals surface area (Å²) in [5, 5.41) is 0. The van der Waals surface area contributed by atoms with Crippen molar-refractivity contribution in [3.63, 3.8) is 0 Å². The predicted octanol–water partition coefficient (Wildman–Crippen LogP) is 1.86. The fourth-order valence-electron chi connectivity index (χ4n) is 2.42. The number of carbonyl (C=O) groups is 1. The van der Waals surface area contributed by atoms with Crippen LogP contribution in [0.3, 0.4) is 0 Å². The molecule has 1 aromatic rings. The maximum Gasteiger partial charge on any atom is 0.282 e. The van der Waals surface area contributed by atoms with E-state index in [0.29, 0.717) is 44.1 Å². The monoisotopic (exact) mass is 409 g/mol. The van der Waals surface area contributed by atoms with Crippen LogP contribution in [0.25, 0.3) is 0 Å². The Morgan fingerprint density at radius 3 is 2.27 bits per heavy atom. The molecule has 0 radical (unpaired) electrons. The maximum absolute atomic E-state index is 12.4. The number of amides is 1. The van der Waals surface area contributed by atoms with Crippen LogP contribution in [0.5, 0.6) is 0 Å². The third-order valence-electron chi connectivity index (χ3n) is 3.67. The smallest absolute Gasteiger partial charge is 0.282 e. The van der Waals surface area contributed by atoms with Crippen LogP contribution in [0.2, 0.25) is 0 Å². The molecular formula is C13H20BrN3O3S2. The number of nitrogens with zero attached hydrogens (tertiary/aromatic N) is 3. The van der Waals surface area contributed by atoms with Crippen molar-refractivity contribution in [2.24, 2.45) is 0 Å². The second-order valence-electron chi connectivity index (χ2n) is 4.89. The maximum atomic E-state index is 12.4. The highest BCUT2D eigenvalue weighted by Gasteiger charge is 2.32. The average molecular weight is 410 g/mol. The van der Waals surface area contributed by atoms with Gasteiger partial charge in [-0.05, 0) is 28.1 Å². The van der Waals surface area contributed by atoms with Crippen LogP contribution in [0.4, 0.5) is 0 Å². The van der Waals surface area contributed by atoms with Crippen LogP contribution in [-0.2, 0) is 10.2 Å². The molecule has 1 fully saturated rings. The lowest BCUT2D eigenvalue weighted by atomic mass is 10.3. The molecule has 0 aromatic carbocycles. The van der Waals surface area contributed by atoms with Gasteiger partial charge in [0.15, 0.2) is 0 Å². The van der Waals surface area contributed by atoms with Gasteiger partial charge in [-0.2, -0.15) is 17.0 Å². The molecule has 1 aliphatic rings. The van der Waals surface area contributed by atoms with E-state index in [1.165, 1.54) is 19.9 Å². The summed E-state index contributed by atoms with van der Waals surface area (Å²) in [6.45, 7) is 6.12. The summed E-state index contributed by atoms with van der Waals surface area (Å²) in [6.07, 6.45) is 0. The Bertz CT molecular complexity index is 620. The SMILES string of the molecule is CCN(CC)S(=O)(=O)N1CCN(C(=O)c2ccc(Br)s2)CC1. The summed E-state index contributed by atoms with van der Waals surface area (Å²) in [5.41, 5.74) is 0. The molecule has 1 amide bonds. The molecule has 0 spiro atoms. The lowest BCUT2D eigenvalue weighted by molar-refractivity contribution is 0.0699. The standard InChI is InChI=1S/C13H20BrN3O3S2/c1-3-16(4-2)22(19,20)17-9-7-15(8-10-17)13(18)11-5-6-12(14)21-11/h5-6H,3-4,7-10H2,1-2H3. The Kier molecular flexibility index (Phi) is 6.00. The summed E-state index contributed by atoms with van der Waals surface area (Å²) < 4.78 is 28.7. The van der Waals surface area contributed by atoms with Crippen LogP contribution >= 0.6 is 27.3 Å². The first-order valence-corrected chi connectivity index (χ1v) is 10.2. The van der Waals surface area contributed by atoms with Crippen LogP contribution in [0.15, 0.2) is 15.9 Å². The van der Waals surface area contributed by atoms with Gasteiger partial charge in [0.2, 0.25) is 0 Å². The third-order valence-corrected chi connectivity index (χ3v) is 7.47. The normalized spacial score (nSPS) is 17.2. The molecule has 22 heavy (non-hydrogen) atoms. The third kappa shape index (κ3) is 3.70. The lowest BCUT2D eigenvalue weighted by Gasteiger charge is -2.36. The van der Waals surface area contributed by atoms with Crippen molar-refractivity contribution in [3.05, 3.63) is 20.8 Å². The van der Waals surface area contributed by atoms with Gasteiger partial charge in [-0.15, -0.1) is 11.3 Å². The second-order valence-corrected chi connectivity index (χ2v) is 9.28. The number of piperazine rings is 1. The van der Waals surface area contributed by atoms with Crippen LogP contribution in [0.1, 0.15) is 23.5 Å². The van der Waals surface area contributed by atoms with Gasteiger partial charge in [-0.1, -0.05) is 13.8 Å². The molecule has 9 heteroatoms. The molecule has 1 aliphatic heterocycles. The molecular weight excluding hydrogens is 390 g/mol. The summed E-state index contributed by atoms with van der Waals surface area (Å²) in [6, 6.07) is 3.63. The van der Waals surface area contributed by atoms with Gasteiger partial charge in [0.1, 0.15) is 0 Å². The lowest BCUT2D eigenvalue weighted by Crippen LogP contribution is -2.54. The molecule has 1 saturated heterocycles. The van der Waals surface area contributed by atoms with E-state index in [1.54, 1.807) is 11.0 Å². The van der Waals surface area contributed by atoms with Gasteiger partial charge in [0.25, 0.3) is 16.1 Å². The topological polar surface area (TPSA) is 60.9 Å². The van der Waals surface area contributed by atoms with Gasteiger partial charge in [-0.3, -0.25) is 4.79 Å². The Labute approximate surface area is 144 Å². The number of hydrogen-bond donors (Lipinski definition) is 0. The number of hydrogen-bond acceptors (Lipinski definition) is 4. The van der Waals surface area contributed by atoms with Crippen molar-refractivity contribution in [2.75, 3.05) is 39.3 Å². The van der Waals surface area contributed by atoms with E-state index in [0.717, 1.165) is 3.79 Å². The summed E-state index contributed by atoms with van der Waals surface area (Å²) in [4.78, 5) is 14.7. The van der Waals surface area contributed by atoms with E-state index < -0.39 is 10.2 Å². The number of carbonyl (C=O) groups excluding carboxylic acids is 1. The first kappa shape index (κ1) is 17.9. The van der Waals surface area contributed by atoms with Gasteiger partial charge in [0, 0.05) is 39.3 Å². The van der Waals surface area contributed by atoms with Gasteiger partial charge >= 0.3 is 0 Å². The van der Waals surface area contributed by atoms with E-state index in [4.69, 9.17) is 0 Å². The van der Waals surface area contributed by atoms with E-state index in [9.17, 15) is 13.2 Å². The zero-order valence-electron chi connectivity index (χ0n) is 12.7. The number of thiophene rings is 1. The molecule has 0 atom stereocenters. The van der Waals surface area contributed by atoms with Crippen molar-refractivity contribution >= 4 is 43.4 Å². The highest BCUT2D eigenvalue weighted by atomic mass is 79.9. The summed E-state index contributed by atoms with van der Waals surface area (Å²) in [5.74, 6) is -0.0319. The van der Waals surface area contributed by atoms with E-state index >= 15 is 0 Å². The number of rotatable bonds is 5. The van der Waals surface area contributed by atoms with Gasteiger partial charge in [-0.25, -0.2) is 0 Å². The van der Waals surface area contributed by atoms with Crippen molar-refractivity contribution < 1.29 is 13.2 Å². The molecule has 0 unspecified atom stereocenters. The quantitative estimate of drug-likeness (QED) is 0.745. The van der Waals surface area contributed by atoms with E-state index in [-0.39, 0.29) is 5.91 Å². The Hall–Kier alpha value is -0.480. The minimum absolute atomic E-state index is 0.0319. The van der Waals surface area contributed by atoms with E-state index in [2.05, 4.69) is 15.9 Å². The Balaban J connectivity index is 2.00. The Morgan fingerprint density at radius 2 is 1.82 bits per heavy atom. The molecule has 6 nitrogen and oxygen atoms in total. The highest BCUT2D eigenvalue weighted by Crippen LogP contribution is 2.24. The zero-order valence-corrected chi connectivity index (χ0v) is 15.9. The molecule has 2 heterocycles. The van der Waals surface area contributed by atoms with Crippen LogP contribution in [-0.4, -0.2) is 67.1 Å². The molecule has 1 aromatic heterocycles. The zero-order chi connectivity index (χ0) is 16.3. The first-order valence-electron chi connectivity index (χ1n) is 7.20. The molecule has 0 N–H and O–H groups in total. The summed E-state index contributed by atoms with van der Waals surface area (Å²) in [7, 11) is -3.41. The highest BCUT2D eigenvalue weighted by molar-refractivity contribution is 9.11. The molecule has 124 valence electrons. The molecule has 2 rings (SSSR count). The van der Waals surface area contributed by atoms with Crippen molar-refractivity contribution in [3.8, 4) is 0 Å². The van der Waals surface area contributed by atoms with Crippen LogP contribution < -0.4 is 0 Å². The van der Waals surface area contributed by atoms with Gasteiger partial charge in [0.05, 0.1) is 8.66 Å². The van der Waals surface area contributed by atoms with Gasteiger partial charge < -0.3 is 4.90 Å².